The second-order valence-electron chi connectivity index (χ2n) is 5.17. The summed E-state index contributed by atoms with van der Waals surface area (Å²) < 4.78 is 13.8. The standard InChI is InChI=1S/C15H16ClFN2O/c1-9(2)6-11-8-14(20)19-13(18-11)7-10-4-3-5-12(16)15(10)17/h3-5,8-9H,6-7H2,1-2H3,(H,18,19,20). The fourth-order valence-corrected chi connectivity index (χ4v) is 2.23. The molecule has 0 atom stereocenters. The maximum atomic E-state index is 13.8. The Bertz CT molecular complexity index is 667. The van der Waals surface area contributed by atoms with Crippen LogP contribution in [0, 0.1) is 11.7 Å². The van der Waals surface area contributed by atoms with Crippen LogP contribution < -0.4 is 5.56 Å². The van der Waals surface area contributed by atoms with Gasteiger partial charge in [0.15, 0.2) is 0 Å². The van der Waals surface area contributed by atoms with Crippen molar-refractivity contribution >= 4 is 11.6 Å². The molecule has 3 nitrogen and oxygen atoms in total. The lowest BCUT2D eigenvalue weighted by Crippen LogP contribution is -2.14. The van der Waals surface area contributed by atoms with Crippen molar-refractivity contribution in [1.82, 2.24) is 9.97 Å². The molecule has 1 aromatic carbocycles. The molecule has 0 amide bonds. The quantitative estimate of drug-likeness (QED) is 0.940. The number of aromatic nitrogens is 2. The molecule has 106 valence electrons. The van der Waals surface area contributed by atoms with Gasteiger partial charge in [0.2, 0.25) is 0 Å². The van der Waals surface area contributed by atoms with Crippen LogP contribution in [0.1, 0.15) is 30.9 Å². The SMILES string of the molecule is CC(C)Cc1cc(=O)[nH]c(Cc2cccc(Cl)c2F)n1. The second kappa shape index (κ2) is 6.18. The van der Waals surface area contributed by atoms with Crippen molar-refractivity contribution in [2.75, 3.05) is 0 Å². The number of aromatic amines is 1. The van der Waals surface area contributed by atoms with E-state index in [0.29, 0.717) is 17.3 Å². The Labute approximate surface area is 121 Å². The van der Waals surface area contributed by atoms with E-state index < -0.39 is 5.82 Å². The Morgan fingerprint density at radius 1 is 1.40 bits per heavy atom. The van der Waals surface area contributed by atoms with E-state index in [4.69, 9.17) is 11.6 Å². The van der Waals surface area contributed by atoms with Gasteiger partial charge in [-0.1, -0.05) is 37.6 Å². The fourth-order valence-electron chi connectivity index (χ4n) is 2.04. The van der Waals surface area contributed by atoms with Gasteiger partial charge in [-0.25, -0.2) is 9.37 Å². The molecular formula is C15H16ClFN2O. The molecule has 2 rings (SSSR count). The predicted molar refractivity (Wildman–Crippen MR) is 77.6 cm³/mol. The lowest BCUT2D eigenvalue weighted by molar-refractivity contribution is 0.609. The van der Waals surface area contributed by atoms with Crippen LogP contribution in [0.4, 0.5) is 4.39 Å². The molecule has 20 heavy (non-hydrogen) atoms. The average Bonchev–Trinajstić information content (AvgIpc) is 2.33. The molecule has 0 spiro atoms. The van der Waals surface area contributed by atoms with Crippen molar-refractivity contribution in [1.29, 1.82) is 0 Å². The lowest BCUT2D eigenvalue weighted by atomic mass is 10.1. The summed E-state index contributed by atoms with van der Waals surface area (Å²) in [6, 6.07) is 6.29. The summed E-state index contributed by atoms with van der Waals surface area (Å²) in [5.41, 5.74) is 0.927. The molecule has 1 aromatic heterocycles. The van der Waals surface area contributed by atoms with Gasteiger partial charge in [-0.3, -0.25) is 4.79 Å². The highest BCUT2D eigenvalue weighted by Gasteiger charge is 2.10. The van der Waals surface area contributed by atoms with Gasteiger partial charge in [0.1, 0.15) is 11.6 Å². The largest absolute Gasteiger partial charge is 0.310 e. The van der Waals surface area contributed by atoms with Gasteiger partial charge in [-0.2, -0.15) is 0 Å². The Hall–Kier alpha value is -1.68. The first kappa shape index (κ1) is 14.7. The van der Waals surface area contributed by atoms with Gasteiger partial charge in [0.25, 0.3) is 5.56 Å². The van der Waals surface area contributed by atoms with Crippen LogP contribution in [0.2, 0.25) is 5.02 Å². The minimum absolute atomic E-state index is 0.0724. The third-order valence-corrected chi connectivity index (χ3v) is 3.14. The number of hydrogen-bond donors (Lipinski definition) is 1. The van der Waals surface area contributed by atoms with Gasteiger partial charge in [-0.15, -0.1) is 0 Å². The molecular weight excluding hydrogens is 279 g/mol. The van der Waals surface area contributed by atoms with Crippen LogP contribution in [0.15, 0.2) is 29.1 Å². The number of benzene rings is 1. The third-order valence-electron chi connectivity index (χ3n) is 2.85. The Kier molecular flexibility index (Phi) is 4.55. The first-order valence-corrected chi connectivity index (χ1v) is 6.85. The molecule has 0 aliphatic carbocycles. The van der Waals surface area contributed by atoms with Gasteiger partial charge in [-0.05, 0) is 24.0 Å². The summed E-state index contributed by atoms with van der Waals surface area (Å²) in [6.07, 6.45) is 0.933. The zero-order chi connectivity index (χ0) is 14.7. The van der Waals surface area contributed by atoms with Crippen molar-refractivity contribution in [3.8, 4) is 0 Å². The molecule has 0 fully saturated rings. The van der Waals surface area contributed by atoms with Crippen molar-refractivity contribution < 1.29 is 4.39 Å². The number of nitrogens with zero attached hydrogens (tertiary/aromatic N) is 1. The molecule has 0 aliphatic heterocycles. The fraction of sp³-hybridized carbons (Fsp3) is 0.333. The minimum Gasteiger partial charge on any atom is -0.310 e. The van der Waals surface area contributed by atoms with E-state index in [-0.39, 0.29) is 17.0 Å². The van der Waals surface area contributed by atoms with Crippen LogP contribution in [0.5, 0.6) is 0 Å². The first-order chi connectivity index (χ1) is 9.45. The van der Waals surface area contributed by atoms with E-state index >= 15 is 0 Å². The van der Waals surface area contributed by atoms with Gasteiger partial charge < -0.3 is 4.98 Å². The van der Waals surface area contributed by atoms with E-state index in [1.165, 1.54) is 12.1 Å². The number of hydrogen-bond acceptors (Lipinski definition) is 2. The molecule has 2 aromatic rings. The van der Waals surface area contributed by atoms with Crippen LogP contribution in [-0.2, 0) is 12.8 Å². The normalized spacial score (nSPS) is 11.1. The van der Waals surface area contributed by atoms with Crippen molar-refractivity contribution in [2.24, 2.45) is 5.92 Å². The molecule has 0 radical (unpaired) electrons. The van der Waals surface area contributed by atoms with Crippen LogP contribution in [0.3, 0.4) is 0 Å². The topological polar surface area (TPSA) is 45.8 Å². The van der Waals surface area contributed by atoms with E-state index in [1.807, 2.05) is 0 Å². The molecule has 5 heteroatoms. The highest BCUT2D eigenvalue weighted by Crippen LogP contribution is 2.19. The maximum absolute atomic E-state index is 13.8. The van der Waals surface area contributed by atoms with E-state index in [9.17, 15) is 9.18 Å². The number of nitrogens with one attached hydrogen (secondary N) is 1. The van der Waals surface area contributed by atoms with Crippen LogP contribution >= 0.6 is 11.6 Å². The Balaban J connectivity index is 2.31. The summed E-state index contributed by atoms with van der Waals surface area (Å²) >= 11 is 5.74. The van der Waals surface area contributed by atoms with Crippen molar-refractivity contribution in [2.45, 2.75) is 26.7 Å². The predicted octanol–water partition coefficient (Wildman–Crippen LogP) is 3.35. The third kappa shape index (κ3) is 3.67. The molecule has 0 aliphatic rings. The number of rotatable bonds is 4. The number of H-pyrrole nitrogens is 1. The summed E-state index contributed by atoms with van der Waals surface area (Å²) in [4.78, 5) is 18.6. The average molecular weight is 295 g/mol. The summed E-state index contributed by atoms with van der Waals surface area (Å²) in [6.45, 7) is 4.11. The Morgan fingerprint density at radius 3 is 2.85 bits per heavy atom. The molecule has 0 bridgehead atoms. The van der Waals surface area contributed by atoms with Crippen LogP contribution in [-0.4, -0.2) is 9.97 Å². The molecule has 0 unspecified atom stereocenters. The molecule has 0 saturated heterocycles. The number of halogens is 2. The van der Waals surface area contributed by atoms with Gasteiger partial charge in [0.05, 0.1) is 5.02 Å². The maximum Gasteiger partial charge on any atom is 0.251 e. The van der Waals surface area contributed by atoms with Gasteiger partial charge in [0, 0.05) is 18.2 Å². The molecule has 1 N–H and O–H groups in total. The smallest absolute Gasteiger partial charge is 0.251 e. The summed E-state index contributed by atoms with van der Waals surface area (Å²) in [7, 11) is 0. The molecule has 1 heterocycles. The summed E-state index contributed by atoms with van der Waals surface area (Å²) in [5.74, 6) is 0.389. The zero-order valence-corrected chi connectivity index (χ0v) is 12.2. The van der Waals surface area contributed by atoms with E-state index in [1.54, 1.807) is 12.1 Å². The lowest BCUT2D eigenvalue weighted by Gasteiger charge is -2.07. The zero-order valence-electron chi connectivity index (χ0n) is 11.4. The second-order valence-corrected chi connectivity index (χ2v) is 5.58. The summed E-state index contributed by atoms with van der Waals surface area (Å²) in [5, 5.41) is 0.0724. The monoisotopic (exact) mass is 294 g/mol. The van der Waals surface area contributed by atoms with E-state index in [0.717, 1.165) is 12.1 Å². The van der Waals surface area contributed by atoms with Crippen LogP contribution in [0.25, 0.3) is 0 Å². The first-order valence-electron chi connectivity index (χ1n) is 6.47. The van der Waals surface area contributed by atoms with Gasteiger partial charge >= 0.3 is 0 Å². The molecule has 0 saturated carbocycles. The Morgan fingerprint density at radius 2 is 2.15 bits per heavy atom. The highest BCUT2D eigenvalue weighted by atomic mass is 35.5. The van der Waals surface area contributed by atoms with Crippen molar-refractivity contribution in [3.63, 3.8) is 0 Å². The highest BCUT2D eigenvalue weighted by molar-refractivity contribution is 6.30. The van der Waals surface area contributed by atoms with E-state index in [2.05, 4.69) is 23.8 Å². The van der Waals surface area contributed by atoms with Crippen molar-refractivity contribution in [3.05, 3.63) is 62.5 Å². The minimum atomic E-state index is -0.467.